The van der Waals surface area contributed by atoms with Gasteiger partial charge in [0, 0.05) is 24.6 Å². The molecule has 0 aromatic carbocycles. The quantitative estimate of drug-likeness (QED) is 0.677. The first-order valence-corrected chi connectivity index (χ1v) is 9.53. The largest absolute Gasteiger partial charge is 0.368 e. The Hall–Kier alpha value is -3.07. The zero-order valence-corrected chi connectivity index (χ0v) is 15.8. The number of anilines is 2. The van der Waals surface area contributed by atoms with Crippen LogP contribution in [0.15, 0.2) is 24.2 Å². The number of rotatable bonds is 2. The van der Waals surface area contributed by atoms with Crippen LogP contribution in [0.5, 0.6) is 0 Å². The molecular weight excluding hydrogens is 356 g/mol. The normalized spacial score (nSPS) is 22.1. The summed E-state index contributed by atoms with van der Waals surface area (Å²) in [7, 11) is 0. The Bertz CT molecular complexity index is 1150. The third-order valence-corrected chi connectivity index (χ3v) is 5.71. The summed E-state index contributed by atoms with van der Waals surface area (Å²) in [5.74, 6) is 2.55. The van der Waals surface area contributed by atoms with Crippen LogP contribution in [0.3, 0.4) is 0 Å². The van der Waals surface area contributed by atoms with Crippen molar-refractivity contribution in [3.8, 4) is 11.4 Å². The molecule has 0 radical (unpaired) electrons. The van der Waals surface area contributed by atoms with Crippen LogP contribution in [0, 0.1) is 0 Å². The highest BCUT2D eigenvalue weighted by Crippen LogP contribution is 2.48. The van der Waals surface area contributed by atoms with Crippen LogP contribution in [-0.4, -0.2) is 42.1 Å². The van der Waals surface area contributed by atoms with E-state index >= 15 is 0 Å². The number of fused-ring (bicyclic) bond motifs is 4. The Morgan fingerprint density at radius 3 is 2.75 bits per heavy atom. The Morgan fingerprint density at radius 1 is 1.18 bits per heavy atom. The smallest absolute Gasteiger partial charge is 0.219 e. The second-order valence-electron chi connectivity index (χ2n) is 7.91. The van der Waals surface area contributed by atoms with Gasteiger partial charge in [0.2, 0.25) is 5.95 Å². The molecule has 2 N–H and O–H groups in total. The number of nitrogens with two attached hydrogens (primary N) is 1. The molecule has 1 aliphatic carbocycles. The zero-order chi connectivity index (χ0) is 19.0. The molecule has 0 amide bonds. The minimum Gasteiger partial charge on any atom is -0.368 e. The fourth-order valence-corrected chi connectivity index (χ4v) is 4.29. The van der Waals surface area contributed by atoms with Gasteiger partial charge in [0.05, 0.1) is 18.2 Å². The van der Waals surface area contributed by atoms with Crippen molar-refractivity contribution in [3.05, 3.63) is 30.0 Å². The highest BCUT2D eigenvalue weighted by atomic mass is 16.5. The number of nitrogens with zero attached hydrogens (tertiary/aromatic N) is 7. The fourth-order valence-electron chi connectivity index (χ4n) is 4.29. The maximum Gasteiger partial charge on any atom is 0.219 e. The summed E-state index contributed by atoms with van der Waals surface area (Å²) in [5, 5.41) is 0. The van der Waals surface area contributed by atoms with Crippen molar-refractivity contribution in [1.29, 1.82) is 0 Å². The minimum atomic E-state index is -0.464. The van der Waals surface area contributed by atoms with E-state index < -0.39 is 5.60 Å². The number of allylic oxidation sites excluding steroid dienone is 1. The van der Waals surface area contributed by atoms with Gasteiger partial charge in [-0.3, -0.25) is 0 Å². The summed E-state index contributed by atoms with van der Waals surface area (Å²) in [5.41, 5.74) is 8.90. The second-order valence-corrected chi connectivity index (χ2v) is 7.91. The second kappa shape index (κ2) is 5.26. The maximum absolute atomic E-state index is 5.95. The van der Waals surface area contributed by atoms with Crippen LogP contribution in [0.25, 0.3) is 22.6 Å². The lowest BCUT2D eigenvalue weighted by molar-refractivity contribution is -0.0530. The molecule has 5 heterocycles. The molecule has 9 nitrogen and oxygen atoms in total. The third kappa shape index (κ3) is 2.13. The van der Waals surface area contributed by atoms with Crippen molar-refractivity contribution < 1.29 is 4.74 Å². The van der Waals surface area contributed by atoms with Crippen molar-refractivity contribution in [2.75, 3.05) is 17.2 Å². The van der Waals surface area contributed by atoms with E-state index in [2.05, 4.69) is 25.5 Å². The summed E-state index contributed by atoms with van der Waals surface area (Å²) in [6.07, 6.45) is 7.87. The van der Waals surface area contributed by atoms with Gasteiger partial charge in [-0.25, -0.2) is 24.9 Å². The molecule has 28 heavy (non-hydrogen) atoms. The molecule has 0 spiro atoms. The van der Waals surface area contributed by atoms with E-state index in [0.717, 1.165) is 47.8 Å². The van der Waals surface area contributed by atoms with Gasteiger partial charge >= 0.3 is 0 Å². The predicted octanol–water partition coefficient (Wildman–Crippen LogP) is 2.00. The molecule has 1 saturated heterocycles. The van der Waals surface area contributed by atoms with Gasteiger partial charge < -0.3 is 19.9 Å². The minimum absolute atomic E-state index is 0.233. The molecule has 6 rings (SSSR count). The molecule has 3 aromatic heterocycles. The SMILES string of the molecule is CC1(C)OCCn2c1nc1c(N3C4=CCCC43)nc(-c3cnc(N)nc3)nc12. The molecule has 3 aromatic rings. The van der Waals surface area contributed by atoms with Crippen LogP contribution in [0.2, 0.25) is 0 Å². The Morgan fingerprint density at radius 2 is 2.00 bits per heavy atom. The molecule has 142 valence electrons. The molecule has 1 unspecified atom stereocenters. The number of hydrogen-bond acceptors (Lipinski definition) is 8. The number of imidazole rings is 1. The fraction of sp³-hybridized carbons (Fsp3) is 0.421. The Balaban J connectivity index is 1.61. The highest BCUT2D eigenvalue weighted by Gasteiger charge is 2.47. The van der Waals surface area contributed by atoms with Crippen LogP contribution >= 0.6 is 0 Å². The van der Waals surface area contributed by atoms with E-state index in [1.807, 2.05) is 13.8 Å². The summed E-state index contributed by atoms with van der Waals surface area (Å²) >= 11 is 0. The standard InChI is InChI=1S/C19H20N8O/c1-19(2)17-23-13-15(26(17)6-7-28-19)24-14(10-8-21-18(20)22-9-10)25-16(13)27-11-4-3-5-12(11)27/h4,8-9,12H,3,5-7H2,1-2H3,(H2,20,21,22). The van der Waals surface area contributed by atoms with Crippen molar-refractivity contribution in [2.24, 2.45) is 0 Å². The topological polar surface area (TPSA) is 108 Å². The first kappa shape index (κ1) is 15.9. The van der Waals surface area contributed by atoms with Crippen molar-refractivity contribution in [1.82, 2.24) is 29.5 Å². The molecule has 0 saturated carbocycles. The summed E-state index contributed by atoms with van der Waals surface area (Å²) < 4.78 is 8.10. The van der Waals surface area contributed by atoms with Gasteiger partial charge in [-0.2, -0.15) is 0 Å². The van der Waals surface area contributed by atoms with E-state index in [1.165, 1.54) is 5.70 Å². The Labute approximate surface area is 161 Å². The predicted molar refractivity (Wildman–Crippen MR) is 103 cm³/mol. The van der Waals surface area contributed by atoms with Gasteiger partial charge in [-0.1, -0.05) is 6.08 Å². The van der Waals surface area contributed by atoms with Gasteiger partial charge in [-0.15, -0.1) is 0 Å². The number of nitrogen functional groups attached to an aromatic ring is 1. The lowest BCUT2D eigenvalue weighted by Crippen LogP contribution is -2.33. The molecule has 9 heteroatoms. The monoisotopic (exact) mass is 376 g/mol. The molecule has 1 fully saturated rings. The summed E-state index contributed by atoms with van der Waals surface area (Å²) in [6.45, 7) is 5.43. The van der Waals surface area contributed by atoms with Crippen LogP contribution in [0.1, 0.15) is 32.5 Å². The van der Waals surface area contributed by atoms with E-state index in [0.29, 0.717) is 18.5 Å². The van der Waals surface area contributed by atoms with Crippen LogP contribution < -0.4 is 10.6 Å². The average molecular weight is 376 g/mol. The van der Waals surface area contributed by atoms with Gasteiger partial charge in [-0.05, 0) is 26.7 Å². The van der Waals surface area contributed by atoms with Crippen LogP contribution in [0.4, 0.5) is 11.8 Å². The van der Waals surface area contributed by atoms with Gasteiger partial charge in [0.1, 0.15) is 11.4 Å². The Kier molecular flexibility index (Phi) is 2.99. The third-order valence-electron chi connectivity index (χ3n) is 5.71. The number of hydrogen-bond donors (Lipinski definition) is 1. The highest BCUT2D eigenvalue weighted by molar-refractivity contribution is 5.90. The first-order valence-electron chi connectivity index (χ1n) is 9.53. The summed E-state index contributed by atoms with van der Waals surface area (Å²) in [6, 6.07) is 0.441. The number of aromatic nitrogens is 6. The lowest BCUT2D eigenvalue weighted by atomic mass is 10.1. The molecule has 3 aliphatic rings. The maximum atomic E-state index is 5.95. The average Bonchev–Trinajstić information content (AvgIpc) is 3.02. The van der Waals surface area contributed by atoms with E-state index in [1.54, 1.807) is 12.4 Å². The van der Waals surface area contributed by atoms with Crippen molar-refractivity contribution in [2.45, 2.75) is 44.9 Å². The number of ether oxygens (including phenoxy) is 1. The van der Waals surface area contributed by atoms with E-state index in [4.69, 9.17) is 25.4 Å². The molecule has 0 bridgehead atoms. The first-order chi connectivity index (χ1) is 13.5. The lowest BCUT2D eigenvalue weighted by Gasteiger charge is -2.30. The van der Waals surface area contributed by atoms with Crippen molar-refractivity contribution >= 4 is 22.9 Å². The molecular formula is C19H20N8O. The zero-order valence-electron chi connectivity index (χ0n) is 15.8. The van der Waals surface area contributed by atoms with Crippen LogP contribution in [-0.2, 0) is 16.9 Å². The summed E-state index contributed by atoms with van der Waals surface area (Å²) in [4.78, 5) is 25.1. The van der Waals surface area contributed by atoms with Gasteiger partial charge in [0.15, 0.2) is 22.8 Å². The van der Waals surface area contributed by atoms with Crippen molar-refractivity contribution in [3.63, 3.8) is 0 Å². The van der Waals surface area contributed by atoms with Gasteiger partial charge in [0.25, 0.3) is 0 Å². The molecule has 2 aliphatic heterocycles. The van der Waals surface area contributed by atoms with E-state index in [-0.39, 0.29) is 5.95 Å². The van der Waals surface area contributed by atoms with E-state index in [9.17, 15) is 0 Å². The molecule has 1 atom stereocenters.